The van der Waals surface area contributed by atoms with E-state index in [9.17, 15) is 19.1 Å². The number of aromatic carboxylic acids is 1. The van der Waals surface area contributed by atoms with E-state index in [1.165, 1.54) is 29.8 Å². The van der Waals surface area contributed by atoms with E-state index in [1.807, 2.05) is 12.1 Å². The van der Waals surface area contributed by atoms with E-state index in [2.05, 4.69) is 34.5 Å². The number of carbonyl (C=O) groups is 2. The van der Waals surface area contributed by atoms with Crippen molar-refractivity contribution in [3.05, 3.63) is 95.3 Å². The van der Waals surface area contributed by atoms with Crippen LogP contribution in [-0.4, -0.2) is 30.1 Å². The highest BCUT2D eigenvalue weighted by Crippen LogP contribution is 2.29. The fraction of sp³-hybridized carbons (Fsp3) is 0.231. The van der Waals surface area contributed by atoms with Gasteiger partial charge < -0.3 is 15.3 Å². The molecule has 0 aliphatic carbocycles. The first kappa shape index (κ1) is 21.6. The molecular weight excluding hydrogens is 407 g/mol. The van der Waals surface area contributed by atoms with Gasteiger partial charge in [-0.3, -0.25) is 4.79 Å². The highest BCUT2D eigenvalue weighted by molar-refractivity contribution is 6.08. The number of amides is 1. The van der Waals surface area contributed by atoms with Crippen molar-refractivity contribution in [1.82, 2.24) is 0 Å². The molecule has 3 aromatic rings. The zero-order valence-electron chi connectivity index (χ0n) is 17.6. The van der Waals surface area contributed by atoms with Crippen LogP contribution in [0.15, 0.2) is 72.8 Å². The third-order valence-electron chi connectivity index (χ3n) is 5.94. The lowest BCUT2D eigenvalue weighted by atomic mass is 9.90. The summed E-state index contributed by atoms with van der Waals surface area (Å²) < 4.78 is 13.1. The molecule has 3 aromatic carbocycles. The molecule has 1 saturated heterocycles. The van der Waals surface area contributed by atoms with Gasteiger partial charge in [-0.1, -0.05) is 30.3 Å². The Balaban J connectivity index is 1.43. The van der Waals surface area contributed by atoms with Crippen LogP contribution in [0.5, 0.6) is 0 Å². The lowest BCUT2D eigenvalue weighted by Gasteiger charge is -2.34. The lowest BCUT2D eigenvalue weighted by molar-refractivity contribution is 0.0698. The molecule has 32 heavy (non-hydrogen) atoms. The standard InChI is InChI=1S/C26H25FN2O3/c27-21-8-6-20(7-9-21)25(30)28-24-11-10-22(17-23(24)26(31)32)29-14-12-19(13-15-29)16-18-4-2-1-3-5-18/h1-11,17,19H,12-16H2,(H,28,30)(H,31,32). The van der Waals surface area contributed by atoms with E-state index in [1.54, 1.807) is 12.1 Å². The van der Waals surface area contributed by atoms with E-state index in [0.717, 1.165) is 38.0 Å². The Labute approximate surface area is 186 Å². The summed E-state index contributed by atoms with van der Waals surface area (Å²) in [6.45, 7) is 1.72. The number of halogens is 1. The van der Waals surface area contributed by atoms with E-state index >= 15 is 0 Å². The highest BCUT2D eigenvalue weighted by Gasteiger charge is 2.22. The molecule has 0 atom stereocenters. The molecular formula is C26H25FN2O3. The van der Waals surface area contributed by atoms with Crippen LogP contribution in [0.2, 0.25) is 0 Å². The number of piperidine rings is 1. The Morgan fingerprint density at radius 3 is 2.31 bits per heavy atom. The third-order valence-corrected chi connectivity index (χ3v) is 5.94. The average Bonchev–Trinajstić information content (AvgIpc) is 2.81. The van der Waals surface area contributed by atoms with Crippen LogP contribution in [0.3, 0.4) is 0 Å². The molecule has 5 nitrogen and oxygen atoms in total. The zero-order valence-corrected chi connectivity index (χ0v) is 17.6. The lowest BCUT2D eigenvalue weighted by Crippen LogP contribution is -2.34. The first-order chi connectivity index (χ1) is 15.5. The fourth-order valence-corrected chi connectivity index (χ4v) is 4.15. The summed E-state index contributed by atoms with van der Waals surface area (Å²) in [5, 5.41) is 12.3. The van der Waals surface area contributed by atoms with Crippen molar-refractivity contribution in [3.8, 4) is 0 Å². The quantitative estimate of drug-likeness (QED) is 0.559. The molecule has 1 aliphatic heterocycles. The molecule has 0 radical (unpaired) electrons. The topological polar surface area (TPSA) is 69.6 Å². The summed E-state index contributed by atoms with van der Waals surface area (Å²) in [5.74, 6) is -1.42. The number of hydrogen-bond acceptors (Lipinski definition) is 3. The molecule has 4 rings (SSSR count). The van der Waals surface area contributed by atoms with E-state index in [4.69, 9.17) is 0 Å². The SMILES string of the molecule is O=C(Nc1ccc(N2CCC(Cc3ccccc3)CC2)cc1C(=O)O)c1ccc(F)cc1. The minimum atomic E-state index is -1.11. The highest BCUT2D eigenvalue weighted by atomic mass is 19.1. The van der Waals surface area contributed by atoms with Gasteiger partial charge in [0, 0.05) is 24.3 Å². The molecule has 2 N–H and O–H groups in total. The van der Waals surface area contributed by atoms with Crippen molar-refractivity contribution in [3.63, 3.8) is 0 Å². The summed E-state index contributed by atoms with van der Waals surface area (Å²) in [5.41, 5.74) is 2.69. The minimum absolute atomic E-state index is 0.0318. The molecule has 1 fully saturated rings. The number of benzene rings is 3. The number of nitrogens with zero attached hydrogens (tertiary/aromatic N) is 1. The average molecular weight is 432 g/mol. The predicted molar refractivity (Wildman–Crippen MR) is 123 cm³/mol. The van der Waals surface area contributed by atoms with Crippen LogP contribution in [0.4, 0.5) is 15.8 Å². The summed E-state index contributed by atoms with van der Waals surface area (Å²) in [6, 6.07) is 20.6. The largest absolute Gasteiger partial charge is 0.478 e. The number of carboxylic acids is 1. The predicted octanol–water partition coefficient (Wildman–Crippen LogP) is 5.24. The normalized spacial score (nSPS) is 14.2. The van der Waals surface area contributed by atoms with Gasteiger partial charge in [0.1, 0.15) is 5.82 Å². The molecule has 6 heteroatoms. The van der Waals surface area contributed by atoms with Crippen LogP contribution in [0, 0.1) is 11.7 Å². The maximum atomic E-state index is 13.1. The van der Waals surface area contributed by atoms with E-state index in [-0.39, 0.29) is 16.8 Å². The summed E-state index contributed by atoms with van der Waals surface area (Å²) in [4.78, 5) is 26.5. The maximum Gasteiger partial charge on any atom is 0.337 e. The Kier molecular flexibility index (Phi) is 6.50. The van der Waals surface area contributed by atoms with Crippen molar-refractivity contribution < 1.29 is 19.1 Å². The second kappa shape index (κ2) is 9.64. The molecule has 0 saturated carbocycles. The van der Waals surface area contributed by atoms with Crippen molar-refractivity contribution in [2.24, 2.45) is 5.92 Å². The Hall–Kier alpha value is -3.67. The van der Waals surface area contributed by atoms with Crippen LogP contribution < -0.4 is 10.2 Å². The van der Waals surface area contributed by atoms with Gasteiger partial charge >= 0.3 is 5.97 Å². The molecule has 0 aromatic heterocycles. The maximum absolute atomic E-state index is 13.1. The van der Waals surface area contributed by atoms with Crippen LogP contribution in [-0.2, 0) is 6.42 Å². The van der Waals surface area contributed by atoms with Gasteiger partial charge in [-0.25, -0.2) is 9.18 Å². The molecule has 1 heterocycles. The second-order valence-electron chi connectivity index (χ2n) is 8.12. The van der Waals surface area contributed by atoms with Crippen LogP contribution in [0.1, 0.15) is 39.1 Å². The van der Waals surface area contributed by atoms with E-state index in [0.29, 0.717) is 5.92 Å². The fourth-order valence-electron chi connectivity index (χ4n) is 4.15. The first-order valence-electron chi connectivity index (χ1n) is 10.7. The van der Waals surface area contributed by atoms with Crippen LogP contribution >= 0.6 is 0 Å². The Morgan fingerprint density at radius 2 is 1.66 bits per heavy atom. The summed E-state index contributed by atoms with van der Waals surface area (Å²) >= 11 is 0. The molecule has 164 valence electrons. The van der Waals surface area contributed by atoms with Gasteiger partial charge in [0.2, 0.25) is 0 Å². The second-order valence-corrected chi connectivity index (χ2v) is 8.12. The number of carbonyl (C=O) groups excluding carboxylic acids is 1. The van der Waals surface area contributed by atoms with Gasteiger partial charge in [0.25, 0.3) is 5.91 Å². The van der Waals surface area contributed by atoms with Gasteiger partial charge in [0.05, 0.1) is 11.3 Å². The van der Waals surface area contributed by atoms with E-state index < -0.39 is 17.7 Å². The Bertz CT molecular complexity index is 1090. The number of nitrogens with one attached hydrogen (secondary N) is 1. The molecule has 1 amide bonds. The van der Waals surface area contributed by atoms with Gasteiger partial charge in [0.15, 0.2) is 0 Å². The molecule has 0 unspecified atom stereocenters. The summed E-state index contributed by atoms with van der Waals surface area (Å²) in [6.07, 6.45) is 3.14. The van der Waals surface area contributed by atoms with Crippen molar-refractivity contribution in [2.45, 2.75) is 19.3 Å². The van der Waals surface area contributed by atoms with Gasteiger partial charge in [-0.2, -0.15) is 0 Å². The van der Waals surface area contributed by atoms with Crippen molar-refractivity contribution >= 4 is 23.3 Å². The monoisotopic (exact) mass is 432 g/mol. The van der Waals surface area contributed by atoms with Crippen molar-refractivity contribution in [2.75, 3.05) is 23.3 Å². The zero-order chi connectivity index (χ0) is 22.5. The smallest absolute Gasteiger partial charge is 0.337 e. The molecule has 0 spiro atoms. The molecule has 0 bridgehead atoms. The summed E-state index contributed by atoms with van der Waals surface area (Å²) in [7, 11) is 0. The number of rotatable bonds is 6. The first-order valence-corrected chi connectivity index (χ1v) is 10.7. The molecule has 1 aliphatic rings. The number of carboxylic acid groups (broad SMARTS) is 1. The van der Waals surface area contributed by atoms with Crippen molar-refractivity contribution in [1.29, 1.82) is 0 Å². The number of hydrogen-bond donors (Lipinski definition) is 2. The van der Waals surface area contributed by atoms with Gasteiger partial charge in [-0.05, 0) is 73.2 Å². The van der Waals surface area contributed by atoms with Crippen LogP contribution in [0.25, 0.3) is 0 Å². The van der Waals surface area contributed by atoms with Gasteiger partial charge in [-0.15, -0.1) is 0 Å². The third kappa shape index (κ3) is 5.14. The number of anilines is 2. The minimum Gasteiger partial charge on any atom is -0.478 e. The Morgan fingerprint density at radius 1 is 0.969 bits per heavy atom.